The summed E-state index contributed by atoms with van der Waals surface area (Å²) in [5.74, 6) is 0.661. The van der Waals surface area contributed by atoms with Crippen LogP contribution in [-0.4, -0.2) is 15.0 Å². The fraction of sp³-hybridized carbons (Fsp3) is 0.417. The molecule has 0 heterocycles. The fourth-order valence-corrected chi connectivity index (χ4v) is 3.23. The van der Waals surface area contributed by atoms with Gasteiger partial charge in [-0.25, -0.2) is 13.1 Å². The summed E-state index contributed by atoms with van der Waals surface area (Å²) in [6.07, 6.45) is 3.23. The molecule has 4 nitrogen and oxygen atoms in total. The molecule has 2 rings (SSSR count). The summed E-state index contributed by atoms with van der Waals surface area (Å²) in [5, 5.41) is 8.90. The van der Waals surface area contributed by atoms with Crippen LogP contribution in [-0.2, 0) is 10.0 Å². The van der Waals surface area contributed by atoms with E-state index in [1.807, 2.05) is 6.07 Å². The van der Waals surface area contributed by atoms with Gasteiger partial charge in [0.2, 0.25) is 10.0 Å². The lowest BCUT2D eigenvalue weighted by atomic mass is 10.2. The fourth-order valence-electron chi connectivity index (χ4n) is 1.66. The Hall–Kier alpha value is -1.09. The van der Waals surface area contributed by atoms with Gasteiger partial charge < -0.3 is 0 Å². The van der Waals surface area contributed by atoms with Crippen LogP contribution in [0.3, 0.4) is 0 Å². The monoisotopic (exact) mass is 284 g/mol. The maximum absolute atomic E-state index is 12.0. The van der Waals surface area contributed by atoms with Gasteiger partial charge in [0.1, 0.15) is 4.90 Å². The van der Waals surface area contributed by atoms with E-state index in [4.69, 9.17) is 16.9 Å². The lowest BCUT2D eigenvalue weighted by Gasteiger charge is -2.08. The molecule has 1 aromatic rings. The molecule has 0 saturated heterocycles. The first-order valence-electron chi connectivity index (χ1n) is 5.72. The Labute approximate surface area is 112 Å². The Balaban J connectivity index is 2.14. The Morgan fingerprint density at radius 3 is 2.78 bits per heavy atom. The zero-order chi connectivity index (χ0) is 13.2. The minimum absolute atomic E-state index is 0.0287. The maximum atomic E-state index is 12.0. The van der Waals surface area contributed by atoms with Gasteiger partial charge in [0.05, 0.1) is 16.7 Å². The molecule has 1 aliphatic carbocycles. The molecule has 0 aromatic heterocycles. The minimum Gasteiger partial charge on any atom is -0.211 e. The second-order valence-corrected chi connectivity index (χ2v) is 6.53. The van der Waals surface area contributed by atoms with Gasteiger partial charge in [-0.3, -0.25) is 0 Å². The van der Waals surface area contributed by atoms with Gasteiger partial charge in [0.15, 0.2) is 0 Å². The van der Waals surface area contributed by atoms with Crippen LogP contribution in [0.15, 0.2) is 23.1 Å². The Morgan fingerprint density at radius 2 is 2.17 bits per heavy atom. The Kier molecular flexibility index (Phi) is 3.91. The summed E-state index contributed by atoms with van der Waals surface area (Å²) in [4.78, 5) is -0.0287. The van der Waals surface area contributed by atoms with Gasteiger partial charge in [-0.1, -0.05) is 24.4 Å². The van der Waals surface area contributed by atoms with E-state index in [-0.39, 0.29) is 15.5 Å². The lowest BCUT2D eigenvalue weighted by Crippen LogP contribution is -2.25. The second-order valence-electron chi connectivity index (χ2n) is 4.39. The van der Waals surface area contributed by atoms with Crippen molar-refractivity contribution in [3.63, 3.8) is 0 Å². The van der Waals surface area contributed by atoms with Crippen molar-refractivity contribution in [2.45, 2.75) is 24.2 Å². The first-order chi connectivity index (χ1) is 8.53. The van der Waals surface area contributed by atoms with E-state index in [9.17, 15) is 8.42 Å². The van der Waals surface area contributed by atoms with Crippen LogP contribution >= 0.6 is 11.6 Å². The first-order valence-corrected chi connectivity index (χ1v) is 7.58. The van der Waals surface area contributed by atoms with E-state index < -0.39 is 10.0 Å². The van der Waals surface area contributed by atoms with Crippen LogP contribution in [0.2, 0.25) is 5.02 Å². The number of rotatable bonds is 5. The number of hydrogen-bond acceptors (Lipinski definition) is 3. The van der Waals surface area contributed by atoms with Crippen LogP contribution in [0, 0.1) is 17.2 Å². The maximum Gasteiger partial charge on any atom is 0.242 e. The Bertz CT molecular complexity index is 589. The molecule has 1 N–H and O–H groups in total. The average molecular weight is 285 g/mol. The van der Waals surface area contributed by atoms with Gasteiger partial charge in [-0.05, 0) is 30.5 Å². The summed E-state index contributed by atoms with van der Waals surface area (Å²) >= 11 is 5.86. The van der Waals surface area contributed by atoms with Crippen LogP contribution in [0.5, 0.6) is 0 Å². The van der Waals surface area contributed by atoms with E-state index in [2.05, 4.69) is 4.72 Å². The first kappa shape index (κ1) is 13.3. The number of benzene rings is 1. The molecular formula is C12H13ClN2O2S. The predicted molar refractivity (Wildman–Crippen MR) is 68.7 cm³/mol. The molecule has 18 heavy (non-hydrogen) atoms. The molecule has 0 unspecified atom stereocenters. The number of nitrogens with one attached hydrogen (secondary N) is 1. The molecule has 1 saturated carbocycles. The standard InChI is InChI=1S/C12H13ClN2O2S/c13-11-4-3-10(8-14)7-12(11)18(16,17)15-6-5-9-1-2-9/h3-4,7,9,15H,1-2,5-6H2. The van der Waals surface area contributed by atoms with E-state index in [1.165, 1.54) is 31.0 Å². The zero-order valence-corrected chi connectivity index (χ0v) is 11.3. The van der Waals surface area contributed by atoms with Crippen molar-refractivity contribution in [1.29, 1.82) is 5.26 Å². The van der Waals surface area contributed by atoms with Crippen LogP contribution in [0.4, 0.5) is 0 Å². The summed E-state index contributed by atoms with van der Waals surface area (Å²) < 4.78 is 26.6. The molecule has 6 heteroatoms. The highest BCUT2D eigenvalue weighted by molar-refractivity contribution is 7.89. The molecule has 1 fully saturated rings. The van der Waals surface area contributed by atoms with Crippen LogP contribution in [0.1, 0.15) is 24.8 Å². The highest BCUT2D eigenvalue weighted by Crippen LogP contribution is 2.32. The van der Waals surface area contributed by atoms with Crippen molar-refractivity contribution >= 4 is 21.6 Å². The third kappa shape index (κ3) is 3.22. The Morgan fingerprint density at radius 1 is 1.44 bits per heavy atom. The van der Waals surface area contributed by atoms with Crippen molar-refractivity contribution in [1.82, 2.24) is 4.72 Å². The quantitative estimate of drug-likeness (QED) is 0.902. The van der Waals surface area contributed by atoms with Gasteiger partial charge in [-0.15, -0.1) is 0 Å². The van der Waals surface area contributed by atoms with E-state index in [0.29, 0.717) is 12.5 Å². The van der Waals surface area contributed by atoms with Crippen LogP contribution < -0.4 is 4.72 Å². The topological polar surface area (TPSA) is 70.0 Å². The number of hydrogen-bond donors (Lipinski definition) is 1. The molecular weight excluding hydrogens is 272 g/mol. The molecule has 96 valence electrons. The van der Waals surface area contributed by atoms with Crippen molar-refractivity contribution < 1.29 is 8.42 Å². The zero-order valence-electron chi connectivity index (χ0n) is 9.69. The van der Waals surface area contributed by atoms with Crippen molar-refractivity contribution in [3.05, 3.63) is 28.8 Å². The predicted octanol–water partition coefficient (Wildman–Crippen LogP) is 2.29. The molecule has 1 aliphatic rings. The number of halogens is 1. The highest BCUT2D eigenvalue weighted by Gasteiger charge is 2.23. The summed E-state index contributed by atoms with van der Waals surface area (Å²) in [5.41, 5.74) is 0.280. The van der Waals surface area contributed by atoms with Crippen LogP contribution in [0.25, 0.3) is 0 Å². The smallest absolute Gasteiger partial charge is 0.211 e. The van der Waals surface area contributed by atoms with E-state index >= 15 is 0 Å². The molecule has 0 radical (unpaired) electrons. The van der Waals surface area contributed by atoms with Crippen molar-refractivity contribution in [2.24, 2.45) is 5.92 Å². The summed E-state index contributed by atoms with van der Waals surface area (Å²) in [6.45, 7) is 0.417. The molecule has 0 bridgehead atoms. The molecule has 0 atom stereocenters. The summed E-state index contributed by atoms with van der Waals surface area (Å²) in [7, 11) is -3.62. The highest BCUT2D eigenvalue weighted by atomic mass is 35.5. The average Bonchev–Trinajstić information content (AvgIpc) is 3.13. The molecule has 0 amide bonds. The molecule has 0 spiro atoms. The van der Waals surface area contributed by atoms with E-state index in [0.717, 1.165) is 6.42 Å². The third-order valence-corrected chi connectivity index (χ3v) is 4.83. The normalized spacial score (nSPS) is 15.3. The van der Waals surface area contributed by atoms with Crippen molar-refractivity contribution in [3.8, 4) is 6.07 Å². The van der Waals surface area contributed by atoms with Gasteiger partial charge in [0, 0.05) is 6.54 Å². The molecule has 0 aliphatic heterocycles. The van der Waals surface area contributed by atoms with Gasteiger partial charge in [0.25, 0.3) is 0 Å². The number of nitriles is 1. The minimum atomic E-state index is -3.62. The lowest BCUT2D eigenvalue weighted by molar-refractivity contribution is 0.575. The summed E-state index contributed by atoms with van der Waals surface area (Å²) in [6, 6.07) is 6.11. The van der Waals surface area contributed by atoms with Gasteiger partial charge in [-0.2, -0.15) is 5.26 Å². The number of sulfonamides is 1. The van der Waals surface area contributed by atoms with Crippen molar-refractivity contribution in [2.75, 3.05) is 6.54 Å². The van der Waals surface area contributed by atoms with Gasteiger partial charge >= 0.3 is 0 Å². The number of nitrogens with zero attached hydrogens (tertiary/aromatic N) is 1. The molecule has 1 aromatic carbocycles. The SMILES string of the molecule is N#Cc1ccc(Cl)c(S(=O)(=O)NCCC2CC2)c1. The second kappa shape index (κ2) is 5.27. The third-order valence-electron chi connectivity index (χ3n) is 2.89. The van der Waals surface area contributed by atoms with E-state index in [1.54, 1.807) is 0 Å². The largest absolute Gasteiger partial charge is 0.242 e.